The van der Waals surface area contributed by atoms with Gasteiger partial charge in [-0.3, -0.25) is 14.7 Å². The number of thioether (sulfide) groups is 1. The molecule has 1 aromatic carbocycles. The Hall–Kier alpha value is -1.53. The fraction of sp³-hybridized carbons (Fsp3) is 0.556. The van der Waals surface area contributed by atoms with Crippen molar-refractivity contribution in [3.8, 4) is 0 Å². The second-order valence-corrected chi connectivity index (χ2v) is 7.90. The fourth-order valence-electron chi connectivity index (χ4n) is 2.98. The minimum atomic E-state index is 0.0938. The number of amidine groups is 1. The molecule has 2 aliphatic heterocycles. The van der Waals surface area contributed by atoms with E-state index in [0.717, 1.165) is 50.5 Å². The van der Waals surface area contributed by atoms with Crippen LogP contribution in [0.3, 0.4) is 0 Å². The lowest BCUT2D eigenvalue weighted by Crippen LogP contribution is -2.48. The van der Waals surface area contributed by atoms with E-state index in [0.29, 0.717) is 11.7 Å². The van der Waals surface area contributed by atoms with Gasteiger partial charge in [-0.05, 0) is 18.6 Å². The molecule has 0 radical (unpaired) electrons. The molecule has 6 heteroatoms. The van der Waals surface area contributed by atoms with Crippen molar-refractivity contribution >= 4 is 28.5 Å². The molecule has 2 heterocycles. The number of rotatable bonds is 4. The van der Waals surface area contributed by atoms with Crippen LogP contribution in [0.4, 0.5) is 5.69 Å². The van der Waals surface area contributed by atoms with Gasteiger partial charge in [-0.15, -0.1) is 0 Å². The number of anilines is 1. The zero-order chi connectivity index (χ0) is 16.9. The summed E-state index contributed by atoms with van der Waals surface area (Å²) in [6.45, 7) is 10.0. The van der Waals surface area contributed by atoms with Gasteiger partial charge in [0.2, 0.25) is 5.91 Å². The van der Waals surface area contributed by atoms with Gasteiger partial charge in [0.05, 0.1) is 6.54 Å². The summed E-state index contributed by atoms with van der Waals surface area (Å²) in [5, 5.41) is 4.83. The number of piperazine rings is 1. The molecule has 0 aliphatic carbocycles. The van der Waals surface area contributed by atoms with Crippen LogP contribution in [0.2, 0.25) is 0 Å². The standard InChI is InChI=1S/C18H26N4OS/c1-14-5-3-4-6-16(14)20-17(23)7-8-21-9-11-22(12-10-21)18-19-13-15(2)24-18/h3-6,15H,7-13H2,1-2H3,(H,20,23)/t15-/m0/s1. The molecule has 24 heavy (non-hydrogen) atoms. The van der Waals surface area contributed by atoms with Crippen LogP contribution in [0.5, 0.6) is 0 Å². The Morgan fingerprint density at radius 1 is 1.29 bits per heavy atom. The molecule has 0 spiro atoms. The highest BCUT2D eigenvalue weighted by molar-refractivity contribution is 8.14. The van der Waals surface area contributed by atoms with Crippen molar-refractivity contribution in [3.05, 3.63) is 29.8 Å². The molecule has 2 aliphatic rings. The molecule has 1 N–H and O–H groups in total. The number of para-hydroxylation sites is 1. The minimum Gasteiger partial charge on any atom is -0.349 e. The maximum atomic E-state index is 12.1. The molecule has 5 nitrogen and oxygen atoms in total. The van der Waals surface area contributed by atoms with Crippen molar-refractivity contribution < 1.29 is 4.79 Å². The quantitative estimate of drug-likeness (QED) is 0.910. The van der Waals surface area contributed by atoms with E-state index in [-0.39, 0.29) is 5.91 Å². The zero-order valence-electron chi connectivity index (χ0n) is 14.5. The van der Waals surface area contributed by atoms with Gasteiger partial charge in [0.1, 0.15) is 0 Å². The van der Waals surface area contributed by atoms with Gasteiger partial charge in [-0.25, -0.2) is 0 Å². The number of nitrogens with zero attached hydrogens (tertiary/aromatic N) is 3. The molecular weight excluding hydrogens is 320 g/mol. The Kier molecular flexibility index (Phi) is 5.79. The molecular formula is C18H26N4OS. The van der Waals surface area contributed by atoms with Crippen molar-refractivity contribution in [2.24, 2.45) is 4.99 Å². The summed E-state index contributed by atoms with van der Waals surface area (Å²) < 4.78 is 0. The van der Waals surface area contributed by atoms with Crippen LogP contribution >= 0.6 is 11.8 Å². The summed E-state index contributed by atoms with van der Waals surface area (Å²) in [5.41, 5.74) is 2.02. The molecule has 0 saturated carbocycles. The van der Waals surface area contributed by atoms with Crippen LogP contribution in [0.1, 0.15) is 18.9 Å². The lowest BCUT2D eigenvalue weighted by molar-refractivity contribution is -0.116. The highest BCUT2D eigenvalue weighted by atomic mass is 32.2. The summed E-state index contributed by atoms with van der Waals surface area (Å²) >= 11 is 1.89. The van der Waals surface area contributed by atoms with Crippen molar-refractivity contribution in [1.82, 2.24) is 9.80 Å². The summed E-state index contributed by atoms with van der Waals surface area (Å²) in [6, 6.07) is 7.90. The minimum absolute atomic E-state index is 0.0938. The van der Waals surface area contributed by atoms with Crippen molar-refractivity contribution in [3.63, 3.8) is 0 Å². The van der Waals surface area contributed by atoms with Gasteiger partial charge in [0, 0.05) is 50.1 Å². The van der Waals surface area contributed by atoms with Crippen LogP contribution in [0.25, 0.3) is 0 Å². The third kappa shape index (κ3) is 4.51. The number of nitrogens with one attached hydrogen (secondary N) is 1. The van der Waals surface area contributed by atoms with Crippen molar-refractivity contribution in [1.29, 1.82) is 0 Å². The van der Waals surface area contributed by atoms with Gasteiger partial charge in [-0.2, -0.15) is 0 Å². The first-order valence-electron chi connectivity index (χ1n) is 8.66. The van der Waals surface area contributed by atoms with Crippen LogP contribution in [0, 0.1) is 6.92 Å². The normalized spacial score (nSPS) is 21.7. The number of aliphatic imine (C=N–C) groups is 1. The Morgan fingerprint density at radius 3 is 2.71 bits per heavy atom. The van der Waals surface area contributed by atoms with Gasteiger partial charge < -0.3 is 10.2 Å². The van der Waals surface area contributed by atoms with Crippen LogP contribution in [0.15, 0.2) is 29.3 Å². The zero-order valence-corrected chi connectivity index (χ0v) is 15.3. The molecule has 1 saturated heterocycles. The molecule has 0 unspecified atom stereocenters. The van der Waals surface area contributed by atoms with E-state index in [4.69, 9.17) is 0 Å². The fourth-order valence-corrected chi connectivity index (χ4v) is 3.97. The van der Waals surface area contributed by atoms with Crippen LogP contribution in [-0.2, 0) is 4.79 Å². The highest BCUT2D eigenvalue weighted by Gasteiger charge is 2.24. The average Bonchev–Trinajstić information content (AvgIpc) is 3.02. The van der Waals surface area contributed by atoms with Crippen LogP contribution in [-0.4, -0.2) is 65.4 Å². The van der Waals surface area contributed by atoms with E-state index in [1.165, 1.54) is 5.17 Å². The molecule has 130 valence electrons. The van der Waals surface area contributed by atoms with E-state index < -0.39 is 0 Å². The third-order valence-electron chi connectivity index (χ3n) is 4.51. The summed E-state index contributed by atoms with van der Waals surface area (Å²) in [4.78, 5) is 21.5. The van der Waals surface area contributed by atoms with Gasteiger partial charge in [-0.1, -0.05) is 36.9 Å². The van der Waals surface area contributed by atoms with E-state index in [1.807, 2.05) is 43.0 Å². The molecule has 0 bridgehead atoms. The number of amides is 1. The summed E-state index contributed by atoms with van der Waals surface area (Å²) in [5.74, 6) is 0.0938. The smallest absolute Gasteiger partial charge is 0.225 e. The number of hydrogen-bond acceptors (Lipinski definition) is 5. The van der Waals surface area contributed by atoms with Gasteiger partial charge in [0.15, 0.2) is 5.17 Å². The molecule has 1 aromatic rings. The second kappa shape index (κ2) is 8.03. The lowest BCUT2D eigenvalue weighted by atomic mass is 10.2. The van der Waals surface area contributed by atoms with E-state index in [2.05, 4.69) is 27.0 Å². The lowest BCUT2D eigenvalue weighted by Gasteiger charge is -2.35. The first-order chi connectivity index (χ1) is 11.6. The monoisotopic (exact) mass is 346 g/mol. The Labute approximate surface area is 148 Å². The third-order valence-corrected chi connectivity index (χ3v) is 5.66. The summed E-state index contributed by atoms with van der Waals surface area (Å²) in [6.07, 6.45) is 0.543. The second-order valence-electron chi connectivity index (χ2n) is 6.49. The summed E-state index contributed by atoms with van der Waals surface area (Å²) in [7, 11) is 0. The molecule has 0 aromatic heterocycles. The number of carbonyl (C=O) groups is 1. The van der Waals surface area contributed by atoms with E-state index >= 15 is 0 Å². The number of carbonyl (C=O) groups excluding carboxylic acids is 1. The Bertz CT molecular complexity index is 611. The first-order valence-corrected chi connectivity index (χ1v) is 9.53. The van der Waals surface area contributed by atoms with Crippen LogP contribution < -0.4 is 5.32 Å². The number of aryl methyl sites for hydroxylation is 1. The van der Waals surface area contributed by atoms with E-state index in [9.17, 15) is 4.79 Å². The predicted molar refractivity (Wildman–Crippen MR) is 102 cm³/mol. The highest BCUT2D eigenvalue weighted by Crippen LogP contribution is 2.23. The maximum absolute atomic E-state index is 12.1. The Balaban J connectivity index is 1.39. The van der Waals surface area contributed by atoms with Gasteiger partial charge >= 0.3 is 0 Å². The maximum Gasteiger partial charge on any atom is 0.225 e. The predicted octanol–water partition coefficient (Wildman–Crippen LogP) is 2.43. The van der Waals surface area contributed by atoms with Crippen molar-refractivity contribution in [2.45, 2.75) is 25.5 Å². The first kappa shape index (κ1) is 17.3. The Morgan fingerprint density at radius 2 is 2.04 bits per heavy atom. The molecule has 3 rings (SSSR count). The molecule has 1 atom stereocenters. The SMILES string of the molecule is Cc1ccccc1NC(=O)CCN1CCN(C2=NC[C@H](C)S2)CC1. The average molecular weight is 347 g/mol. The van der Waals surface area contributed by atoms with E-state index in [1.54, 1.807) is 0 Å². The topological polar surface area (TPSA) is 47.9 Å². The number of hydrogen-bond donors (Lipinski definition) is 1. The van der Waals surface area contributed by atoms with Crippen molar-refractivity contribution in [2.75, 3.05) is 44.6 Å². The van der Waals surface area contributed by atoms with Gasteiger partial charge in [0.25, 0.3) is 0 Å². The number of benzene rings is 1. The molecule has 1 amide bonds. The largest absolute Gasteiger partial charge is 0.349 e. The molecule has 1 fully saturated rings.